The Morgan fingerprint density at radius 1 is 1.00 bits per heavy atom. The molecule has 1 aromatic carbocycles. The molecule has 1 heterocycles. The Labute approximate surface area is 179 Å². The van der Waals surface area contributed by atoms with Gasteiger partial charge in [0.15, 0.2) is 11.6 Å². The van der Waals surface area contributed by atoms with Crippen LogP contribution in [0.1, 0.15) is 75.1 Å². The van der Waals surface area contributed by atoms with Crippen molar-refractivity contribution in [2.45, 2.75) is 71.1 Å². The molecule has 2 aromatic rings. The quantitative estimate of drug-likeness (QED) is 0.406. The van der Waals surface area contributed by atoms with Crippen molar-refractivity contribution in [2.24, 2.45) is 5.92 Å². The SMILES string of the molecule is CCCc1ccc(C2CCC(/C=C/CCc3ccc(OCC)c(F)c3F)CC2)cn1. The molecule has 0 aliphatic heterocycles. The Morgan fingerprint density at radius 2 is 1.80 bits per heavy atom. The molecule has 1 saturated carbocycles. The Kier molecular flexibility index (Phi) is 8.41. The molecule has 0 N–H and O–H groups in total. The summed E-state index contributed by atoms with van der Waals surface area (Å²) in [5.41, 5.74) is 2.95. The van der Waals surface area contributed by atoms with E-state index >= 15 is 0 Å². The number of hydrogen-bond donors (Lipinski definition) is 0. The monoisotopic (exact) mass is 413 g/mol. The van der Waals surface area contributed by atoms with Crippen molar-refractivity contribution in [1.82, 2.24) is 4.98 Å². The number of halogens is 2. The topological polar surface area (TPSA) is 22.1 Å². The number of nitrogens with zero attached hydrogens (tertiary/aromatic N) is 1. The first kappa shape index (κ1) is 22.5. The lowest BCUT2D eigenvalue weighted by Gasteiger charge is -2.27. The van der Waals surface area contributed by atoms with Crippen molar-refractivity contribution in [1.29, 1.82) is 0 Å². The first-order valence-electron chi connectivity index (χ1n) is 11.3. The van der Waals surface area contributed by atoms with Gasteiger partial charge in [0.2, 0.25) is 5.82 Å². The van der Waals surface area contributed by atoms with Gasteiger partial charge in [-0.1, -0.05) is 37.6 Å². The summed E-state index contributed by atoms with van der Waals surface area (Å²) in [7, 11) is 0. The summed E-state index contributed by atoms with van der Waals surface area (Å²) in [6.45, 7) is 4.25. The third-order valence-corrected chi connectivity index (χ3v) is 6.01. The van der Waals surface area contributed by atoms with E-state index in [1.807, 2.05) is 0 Å². The summed E-state index contributed by atoms with van der Waals surface area (Å²) in [6.07, 6.45) is 14.6. The number of aryl methyl sites for hydroxylation is 2. The zero-order valence-electron chi connectivity index (χ0n) is 18.2. The molecule has 2 nitrogen and oxygen atoms in total. The molecule has 30 heavy (non-hydrogen) atoms. The summed E-state index contributed by atoms with van der Waals surface area (Å²) in [4.78, 5) is 4.60. The maximum atomic E-state index is 14.2. The summed E-state index contributed by atoms with van der Waals surface area (Å²) in [5.74, 6) is -0.488. The molecule has 0 amide bonds. The van der Waals surface area contributed by atoms with Crippen LogP contribution in [-0.2, 0) is 12.8 Å². The lowest BCUT2D eigenvalue weighted by atomic mass is 9.79. The average Bonchev–Trinajstić information content (AvgIpc) is 2.77. The maximum absolute atomic E-state index is 14.2. The van der Waals surface area contributed by atoms with Crippen molar-refractivity contribution in [2.75, 3.05) is 6.61 Å². The van der Waals surface area contributed by atoms with Gasteiger partial charge in [0, 0.05) is 11.9 Å². The minimum absolute atomic E-state index is 0.0127. The number of pyridine rings is 1. The summed E-state index contributed by atoms with van der Waals surface area (Å²) >= 11 is 0. The predicted molar refractivity (Wildman–Crippen MR) is 118 cm³/mol. The first-order chi connectivity index (χ1) is 14.6. The second kappa shape index (κ2) is 11.2. The Morgan fingerprint density at radius 3 is 2.47 bits per heavy atom. The van der Waals surface area contributed by atoms with E-state index in [2.05, 4.69) is 42.4 Å². The van der Waals surface area contributed by atoms with Crippen LogP contribution in [0.2, 0.25) is 0 Å². The van der Waals surface area contributed by atoms with Gasteiger partial charge in [-0.15, -0.1) is 0 Å². The van der Waals surface area contributed by atoms with E-state index in [4.69, 9.17) is 4.74 Å². The molecular formula is C26H33F2NO. The highest BCUT2D eigenvalue weighted by Gasteiger charge is 2.21. The van der Waals surface area contributed by atoms with Gasteiger partial charge in [0.05, 0.1) is 6.61 Å². The smallest absolute Gasteiger partial charge is 0.200 e. The summed E-state index contributed by atoms with van der Waals surface area (Å²) in [6, 6.07) is 7.57. The molecule has 162 valence electrons. The molecule has 0 radical (unpaired) electrons. The third-order valence-electron chi connectivity index (χ3n) is 6.01. The molecule has 0 unspecified atom stereocenters. The van der Waals surface area contributed by atoms with Gasteiger partial charge >= 0.3 is 0 Å². The van der Waals surface area contributed by atoms with Crippen LogP contribution in [0.5, 0.6) is 5.75 Å². The molecular weight excluding hydrogens is 380 g/mol. The third kappa shape index (κ3) is 5.90. The molecule has 0 saturated heterocycles. The highest BCUT2D eigenvalue weighted by molar-refractivity contribution is 5.31. The van der Waals surface area contributed by atoms with E-state index in [-0.39, 0.29) is 5.75 Å². The average molecular weight is 414 g/mol. The fourth-order valence-electron chi connectivity index (χ4n) is 4.29. The minimum Gasteiger partial charge on any atom is -0.491 e. The molecule has 1 aromatic heterocycles. The number of aromatic nitrogens is 1. The van der Waals surface area contributed by atoms with Crippen LogP contribution in [-0.4, -0.2) is 11.6 Å². The van der Waals surface area contributed by atoms with Crippen LogP contribution >= 0.6 is 0 Å². The number of ether oxygens (including phenoxy) is 1. The van der Waals surface area contributed by atoms with Crippen LogP contribution in [0, 0.1) is 17.6 Å². The van der Waals surface area contributed by atoms with Gasteiger partial charge in [-0.25, -0.2) is 4.39 Å². The number of benzene rings is 1. The molecule has 1 aliphatic rings. The van der Waals surface area contributed by atoms with Crippen molar-refractivity contribution < 1.29 is 13.5 Å². The van der Waals surface area contributed by atoms with E-state index in [0.29, 0.717) is 36.8 Å². The van der Waals surface area contributed by atoms with E-state index in [1.54, 1.807) is 13.0 Å². The van der Waals surface area contributed by atoms with Crippen molar-refractivity contribution in [3.05, 3.63) is 71.1 Å². The fourth-order valence-corrected chi connectivity index (χ4v) is 4.29. The number of allylic oxidation sites excluding steroid dienone is 2. The Balaban J connectivity index is 1.44. The lowest BCUT2D eigenvalue weighted by molar-refractivity contribution is 0.313. The van der Waals surface area contributed by atoms with Crippen molar-refractivity contribution >= 4 is 0 Å². The molecule has 3 rings (SSSR count). The second-order valence-electron chi connectivity index (χ2n) is 8.20. The van der Waals surface area contributed by atoms with Crippen LogP contribution in [0.3, 0.4) is 0 Å². The molecule has 0 spiro atoms. The van der Waals surface area contributed by atoms with E-state index in [1.165, 1.54) is 43.0 Å². The molecule has 0 bridgehead atoms. The molecule has 0 atom stereocenters. The second-order valence-corrected chi connectivity index (χ2v) is 8.20. The fraction of sp³-hybridized carbons (Fsp3) is 0.500. The number of rotatable bonds is 9. The van der Waals surface area contributed by atoms with Gasteiger partial charge in [0.1, 0.15) is 0 Å². The lowest BCUT2D eigenvalue weighted by Crippen LogP contribution is -2.12. The van der Waals surface area contributed by atoms with Gasteiger partial charge in [-0.3, -0.25) is 4.98 Å². The van der Waals surface area contributed by atoms with Crippen LogP contribution < -0.4 is 4.74 Å². The molecule has 1 fully saturated rings. The van der Waals surface area contributed by atoms with E-state index in [9.17, 15) is 8.78 Å². The van der Waals surface area contributed by atoms with Crippen molar-refractivity contribution in [3.63, 3.8) is 0 Å². The van der Waals surface area contributed by atoms with E-state index in [0.717, 1.165) is 12.8 Å². The zero-order chi connectivity index (χ0) is 21.3. The standard InChI is InChI=1S/C26H33F2NO/c1-3-7-23-16-14-22(18-29-23)20-12-10-19(11-13-20)8-5-6-9-21-15-17-24(30-4-2)26(28)25(21)27/h5,8,14-20H,3-4,6-7,9-13H2,1-2H3/b8-5+. The highest BCUT2D eigenvalue weighted by atomic mass is 19.2. The Hall–Kier alpha value is -2.23. The summed E-state index contributed by atoms with van der Waals surface area (Å²) < 4.78 is 33.2. The van der Waals surface area contributed by atoms with E-state index < -0.39 is 11.6 Å². The number of hydrogen-bond acceptors (Lipinski definition) is 2. The zero-order valence-corrected chi connectivity index (χ0v) is 18.2. The van der Waals surface area contributed by atoms with Gasteiger partial charge in [0.25, 0.3) is 0 Å². The summed E-state index contributed by atoms with van der Waals surface area (Å²) in [5, 5.41) is 0. The first-order valence-corrected chi connectivity index (χ1v) is 11.3. The minimum atomic E-state index is -0.881. The highest BCUT2D eigenvalue weighted by Crippen LogP contribution is 2.36. The van der Waals surface area contributed by atoms with Gasteiger partial charge < -0.3 is 4.74 Å². The normalized spacial score (nSPS) is 19.3. The maximum Gasteiger partial charge on any atom is 0.200 e. The Bertz CT molecular complexity index is 824. The van der Waals surface area contributed by atoms with Crippen LogP contribution in [0.4, 0.5) is 8.78 Å². The van der Waals surface area contributed by atoms with Crippen LogP contribution in [0.15, 0.2) is 42.6 Å². The largest absolute Gasteiger partial charge is 0.491 e. The van der Waals surface area contributed by atoms with Gasteiger partial charge in [-0.2, -0.15) is 4.39 Å². The van der Waals surface area contributed by atoms with Crippen LogP contribution in [0.25, 0.3) is 0 Å². The molecule has 4 heteroatoms. The van der Waals surface area contributed by atoms with Gasteiger partial charge in [-0.05, 0) is 87.0 Å². The molecule has 1 aliphatic carbocycles. The van der Waals surface area contributed by atoms with Crippen molar-refractivity contribution in [3.8, 4) is 5.75 Å². The predicted octanol–water partition coefficient (Wildman–Crippen LogP) is 7.17.